The third-order valence-corrected chi connectivity index (χ3v) is 14.8. The maximum absolute atomic E-state index is 6.72. The summed E-state index contributed by atoms with van der Waals surface area (Å²) in [7, 11) is 0. The molecule has 0 radical (unpaired) electrons. The molecule has 2 aliphatic heterocycles. The highest BCUT2D eigenvalue weighted by Crippen LogP contribution is 2.66. The molecule has 3 heterocycles. The van der Waals surface area contributed by atoms with Crippen LogP contribution < -0.4 is 14.4 Å². The molecule has 0 amide bonds. The summed E-state index contributed by atoms with van der Waals surface area (Å²) in [5, 5.41) is 2.14. The molecule has 66 heavy (non-hydrogen) atoms. The van der Waals surface area contributed by atoms with Crippen LogP contribution in [0, 0.1) is 0 Å². The van der Waals surface area contributed by atoms with Crippen molar-refractivity contribution in [2.45, 2.75) is 10.8 Å². The monoisotopic (exact) mass is 843 g/mol. The van der Waals surface area contributed by atoms with Gasteiger partial charge in [-0.3, -0.25) is 0 Å². The molecule has 2 aliphatic carbocycles. The van der Waals surface area contributed by atoms with Gasteiger partial charge >= 0.3 is 0 Å². The summed E-state index contributed by atoms with van der Waals surface area (Å²) in [4.78, 5) is 2.50. The van der Waals surface area contributed by atoms with E-state index in [0.717, 1.165) is 84.3 Å². The standard InChI is InChI=1S/C62H37NO3/c1-4-20-43-39(17-1)42-37-38(35-36-45(42)61(43)46-22-6-11-30-54(46)65-55-31-12-7-23-47(55)61)63(52-28-16-34-58-60(52)41-19-3-10-29-53(41)64-58)51-27-15-26-50-59(51)40-18-2-5-21-44(40)62(50)48-24-8-13-32-56(48)66-57-33-14-9-25-49(57)62/h1-37H. The van der Waals surface area contributed by atoms with E-state index in [-0.39, 0.29) is 0 Å². The molecule has 10 aromatic carbocycles. The molecular formula is C62H37NO3. The Balaban J connectivity index is 1.05. The normalized spacial score (nSPS) is 14.5. The maximum atomic E-state index is 6.72. The highest BCUT2D eigenvalue weighted by molar-refractivity contribution is 6.14. The Morgan fingerprint density at radius 1 is 0.318 bits per heavy atom. The third-order valence-electron chi connectivity index (χ3n) is 14.8. The number of para-hydroxylation sites is 5. The smallest absolute Gasteiger partial charge is 0.137 e. The lowest BCUT2D eigenvalue weighted by molar-refractivity contribution is 0.436. The summed E-state index contributed by atoms with van der Waals surface area (Å²) >= 11 is 0. The van der Waals surface area contributed by atoms with Gasteiger partial charge in [0.1, 0.15) is 34.2 Å². The van der Waals surface area contributed by atoms with Crippen LogP contribution in [0.15, 0.2) is 229 Å². The van der Waals surface area contributed by atoms with Gasteiger partial charge in [0.15, 0.2) is 0 Å². The molecule has 0 saturated heterocycles. The van der Waals surface area contributed by atoms with Gasteiger partial charge in [-0.1, -0.05) is 164 Å². The van der Waals surface area contributed by atoms with E-state index in [0.29, 0.717) is 0 Å². The maximum Gasteiger partial charge on any atom is 0.137 e. The predicted molar refractivity (Wildman–Crippen MR) is 263 cm³/mol. The Morgan fingerprint density at radius 3 is 1.42 bits per heavy atom. The van der Waals surface area contributed by atoms with E-state index in [1.165, 1.54) is 44.5 Å². The van der Waals surface area contributed by atoms with Crippen LogP contribution in [-0.4, -0.2) is 0 Å². The number of ether oxygens (including phenoxy) is 2. The molecule has 11 aromatic rings. The second-order valence-corrected chi connectivity index (χ2v) is 17.8. The van der Waals surface area contributed by atoms with Gasteiger partial charge in [-0.2, -0.15) is 0 Å². The van der Waals surface area contributed by atoms with Crippen LogP contribution in [-0.2, 0) is 10.8 Å². The van der Waals surface area contributed by atoms with Gasteiger partial charge < -0.3 is 18.8 Å². The third kappa shape index (κ3) is 4.38. The first-order chi connectivity index (χ1) is 32.7. The highest BCUT2D eigenvalue weighted by atomic mass is 16.5. The zero-order valence-electron chi connectivity index (χ0n) is 35.5. The molecule has 15 rings (SSSR count). The molecule has 0 saturated carbocycles. The fourth-order valence-corrected chi connectivity index (χ4v) is 12.4. The molecule has 4 nitrogen and oxygen atoms in total. The van der Waals surface area contributed by atoms with Gasteiger partial charge in [-0.25, -0.2) is 0 Å². The van der Waals surface area contributed by atoms with Crippen molar-refractivity contribution in [3.63, 3.8) is 0 Å². The van der Waals surface area contributed by atoms with Crippen LogP contribution >= 0.6 is 0 Å². The first-order valence-electron chi connectivity index (χ1n) is 22.7. The number of fused-ring (bicyclic) bond motifs is 21. The molecule has 1 aromatic heterocycles. The van der Waals surface area contributed by atoms with Crippen LogP contribution in [0.1, 0.15) is 44.5 Å². The average Bonchev–Trinajstić information content (AvgIpc) is 4.00. The van der Waals surface area contributed by atoms with E-state index in [1.807, 2.05) is 6.07 Å². The van der Waals surface area contributed by atoms with Crippen LogP contribution in [0.5, 0.6) is 23.0 Å². The van der Waals surface area contributed by atoms with Gasteiger partial charge in [0, 0.05) is 38.9 Å². The molecule has 0 bridgehead atoms. The molecule has 4 aliphatic rings. The number of nitrogens with zero attached hydrogens (tertiary/aromatic N) is 1. The fraction of sp³-hybridized carbons (Fsp3) is 0.0323. The number of rotatable bonds is 3. The van der Waals surface area contributed by atoms with Crippen LogP contribution in [0.4, 0.5) is 17.1 Å². The Hall–Kier alpha value is -8.60. The number of benzene rings is 10. The molecule has 0 unspecified atom stereocenters. The highest BCUT2D eigenvalue weighted by Gasteiger charge is 2.53. The minimum atomic E-state index is -0.625. The summed E-state index contributed by atoms with van der Waals surface area (Å²) in [6.07, 6.45) is 0. The van der Waals surface area contributed by atoms with Crippen molar-refractivity contribution in [2.75, 3.05) is 4.90 Å². The SMILES string of the molecule is c1ccc2c(c1)Oc1ccccc1C21c2ccccc2-c2cc(N(c3cccc4c3-c3ccccc3C43c4ccccc4Oc4ccccc43)c3cccc4oc5ccccc5c34)ccc21. The van der Waals surface area contributed by atoms with E-state index < -0.39 is 10.8 Å². The number of hydrogen-bond donors (Lipinski definition) is 0. The molecule has 0 fully saturated rings. The van der Waals surface area contributed by atoms with E-state index in [2.05, 4.69) is 223 Å². The minimum absolute atomic E-state index is 0.579. The van der Waals surface area contributed by atoms with Crippen LogP contribution in [0.3, 0.4) is 0 Å². The van der Waals surface area contributed by atoms with Crippen LogP contribution in [0.2, 0.25) is 0 Å². The molecule has 2 spiro atoms. The second kappa shape index (κ2) is 13.0. The van der Waals surface area contributed by atoms with Crippen molar-refractivity contribution in [1.29, 1.82) is 0 Å². The minimum Gasteiger partial charge on any atom is -0.457 e. The quantitative estimate of drug-likeness (QED) is 0.177. The Bertz CT molecular complexity index is 3790. The lowest BCUT2D eigenvalue weighted by Gasteiger charge is -2.39. The Labute approximate surface area is 381 Å². The van der Waals surface area contributed by atoms with E-state index in [4.69, 9.17) is 13.9 Å². The fourth-order valence-electron chi connectivity index (χ4n) is 12.4. The molecule has 0 atom stereocenters. The zero-order valence-corrected chi connectivity index (χ0v) is 35.5. The summed E-state index contributed by atoms with van der Waals surface area (Å²) in [6.45, 7) is 0. The second-order valence-electron chi connectivity index (χ2n) is 17.8. The van der Waals surface area contributed by atoms with Crippen molar-refractivity contribution in [2.24, 2.45) is 0 Å². The van der Waals surface area contributed by atoms with Gasteiger partial charge in [0.05, 0.1) is 27.6 Å². The van der Waals surface area contributed by atoms with Gasteiger partial charge in [0.25, 0.3) is 0 Å². The Morgan fingerprint density at radius 2 is 0.773 bits per heavy atom. The molecular weight excluding hydrogens is 807 g/mol. The molecule has 308 valence electrons. The van der Waals surface area contributed by atoms with E-state index in [9.17, 15) is 0 Å². The predicted octanol–water partition coefficient (Wildman–Crippen LogP) is 16.0. The number of anilines is 3. The first-order valence-corrected chi connectivity index (χ1v) is 22.7. The topological polar surface area (TPSA) is 34.8 Å². The summed E-state index contributed by atoms with van der Waals surface area (Å²) in [6, 6.07) is 81.2. The van der Waals surface area contributed by atoms with Gasteiger partial charge in [0.2, 0.25) is 0 Å². The lowest BCUT2D eigenvalue weighted by atomic mass is 9.66. The molecule has 4 heteroatoms. The van der Waals surface area contributed by atoms with Crippen molar-refractivity contribution in [3.8, 4) is 45.3 Å². The van der Waals surface area contributed by atoms with Crippen molar-refractivity contribution in [1.82, 2.24) is 0 Å². The summed E-state index contributed by atoms with van der Waals surface area (Å²) < 4.78 is 20.0. The number of furan rings is 1. The number of hydrogen-bond acceptors (Lipinski definition) is 4. The average molecular weight is 844 g/mol. The Kier molecular flexibility index (Phi) is 7.05. The lowest BCUT2D eigenvalue weighted by Crippen LogP contribution is -2.32. The first kappa shape index (κ1) is 35.8. The van der Waals surface area contributed by atoms with Crippen LogP contribution in [0.25, 0.3) is 44.2 Å². The van der Waals surface area contributed by atoms with Gasteiger partial charge in [-0.15, -0.1) is 0 Å². The zero-order chi connectivity index (χ0) is 43.1. The molecule has 0 N–H and O–H groups in total. The summed E-state index contributed by atoms with van der Waals surface area (Å²) in [5.74, 6) is 3.51. The van der Waals surface area contributed by atoms with Crippen molar-refractivity contribution >= 4 is 39.0 Å². The van der Waals surface area contributed by atoms with Crippen molar-refractivity contribution in [3.05, 3.63) is 269 Å². The van der Waals surface area contributed by atoms with E-state index in [1.54, 1.807) is 0 Å². The largest absolute Gasteiger partial charge is 0.457 e. The van der Waals surface area contributed by atoms with E-state index >= 15 is 0 Å². The summed E-state index contributed by atoms with van der Waals surface area (Å²) in [5.41, 5.74) is 18.0. The van der Waals surface area contributed by atoms with Crippen molar-refractivity contribution < 1.29 is 13.9 Å². The van der Waals surface area contributed by atoms with Gasteiger partial charge in [-0.05, 0) is 99.6 Å².